The molecule has 0 saturated carbocycles. The van der Waals surface area contributed by atoms with Gasteiger partial charge in [0.15, 0.2) is 0 Å². The highest BCUT2D eigenvalue weighted by molar-refractivity contribution is 5.66. The standard InChI is InChI=1S/C12H12FN3O2/c1-8-4-9(13)6-11(5-8)16-7-10(14-15-16)2-3-12(17)18/h4-7H,2-3H2,1H3,(H,17,18). The van der Waals surface area contributed by atoms with Crippen molar-refractivity contribution in [1.29, 1.82) is 0 Å². The number of hydrogen-bond acceptors (Lipinski definition) is 3. The lowest BCUT2D eigenvalue weighted by molar-refractivity contribution is -0.136. The van der Waals surface area contributed by atoms with Crippen molar-refractivity contribution in [2.45, 2.75) is 19.8 Å². The van der Waals surface area contributed by atoms with Gasteiger partial charge in [-0.15, -0.1) is 5.10 Å². The van der Waals surface area contributed by atoms with Crippen LogP contribution in [0.3, 0.4) is 0 Å². The number of hydrogen-bond donors (Lipinski definition) is 1. The molecule has 94 valence electrons. The highest BCUT2D eigenvalue weighted by Gasteiger charge is 2.06. The van der Waals surface area contributed by atoms with E-state index in [1.807, 2.05) is 0 Å². The third kappa shape index (κ3) is 2.91. The maximum atomic E-state index is 13.2. The molecule has 0 aliphatic carbocycles. The molecular formula is C12H12FN3O2. The van der Waals surface area contributed by atoms with Crippen molar-refractivity contribution in [2.24, 2.45) is 0 Å². The van der Waals surface area contributed by atoms with E-state index in [0.29, 0.717) is 17.8 Å². The maximum Gasteiger partial charge on any atom is 0.303 e. The first-order chi connectivity index (χ1) is 8.54. The summed E-state index contributed by atoms with van der Waals surface area (Å²) in [5.41, 5.74) is 1.92. The number of benzene rings is 1. The molecule has 0 aliphatic heterocycles. The topological polar surface area (TPSA) is 68.0 Å². The zero-order chi connectivity index (χ0) is 13.1. The van der Waals surface area contributed by atoms with Gasteiger partial charge in [-0.3, -0.25) is 4.79 Å². The molecule has 5 nitrogen and oxygen atoms in total. The smallest absolute Gasteiger partial charge is 0.303 e. The predicted molar refractivity (Wildman–Crippen MR) is 62.0 cm³/mol. The average molecular weight is 249 g/mol. The van der Waals surface area contributed by atoms with Crippen LogP contribution in [0.5, 0.6) is 0 Å². The van der Waals surface area contributed by atoms with Gasteiger partial charge in [0, 0.05) is 6.42 Å². The molecule has 1 aromatic heterocycles. The Kier molecular flexibility index (Phi) is 3.36. The van der Waals surface area contributed by atoms with Crippen LogP contribution >= 0.6 is 0 Å². The van der Waals surface area contributed by atoms with Gasteiger partial charge in [0.2, 0.25) is 0 Å². The summed E-state index contributed by atoms with van der Waals surface area (Å²) in [7, 11) is 0. The largest absolute Gasteiger partial charge is 0.481 e. The Morgan fingerprint density at radius 3 is 2.89 bits per heavy atom. The summed E-state index contributed by atoms with van der Waals surface area (Å²) < 4.78 is 14.7. The fourth-order valence-electron chi connectivity index (χ4n) is 1.62. The van der Waals surface area contributed by atoms with Crippen LogP contribution in [0, 0.1) is 12.7 Å². The van der Waals surface area contributed by atoms with Crippen LogP contribution in [-0.4, -0.2) is 26.1 Å². The zero-order valence-electron chi connectivity index (χ0n) is 9.80. The Morgan fingerprint density at radius 2 is 2.22 bits per heavy atom. The predicted octanol–water partition coefficient (Wildman–Crippen LogP) is 1.73. The molecule has 0 amide bonds. The molecule has 0 radical (unpaired) electrons. The van der Waals surface area contributed by atoms with Gasteiger partial charge in [-0.2, -0.15) is 0 Å². The lowest BCUT2D eigenvalue weighted by Crippen LogP contribution is -1.97. The maximum absolute atomic E-state index is 13.2. The number of carbonyl (C=O) groups is 1. The summed E-state index contributed by atoms with van der Waals surface area (Å²) >= 11 is 0. The minimum atomic E-state index is -0.883. The molecule has 0 bridgehead atoms. The van der Waals surface area contributed by atoms with Gasteiger partial charge in [-0.25, -0.2) is 9.07 Å². The molecule has 0 saturated heterocycles. The molecule has 2 rings (SSSR count). The summed E-state index contributed by atoms with van der Waals surface area (Å²) in [5.74, 6) is -1.22. The summed E-state index contributed by atoms with van der Waals surface area (Å²) in [6.07, 6.45) is 1.92. The van der Waals surface area contributed by atoms with Gasteiger partial charge < -0.3 is 5.11 Å². The minimum Gasteiger partial charge on any atom is -0.481 e. The number of carboxylic acid groups (broad SMARTS) is 1. The van der Waals surface area contributed by atoms with Crippen LogP contribution in [0.2, 0.25) is 0 Å². The van der Waals surface area contributed by atoms with E-state index in [9.17, 15) is 9.18 Å². The number of carboxylic acids is 1. The summed E-state index contributed by atoms with van der Waals surface area (Å²) in [6, 6.07) is 4.55. The highest BCUT2D eigenvalue weighted by atomic mass is 19.1. The van der Waals surface area contributed by atoms with Crippen molar-refractivity contribution in [1.82, 2.24) is 15.0 Å². The van der Waals surface area contributed by atoms with Gasteiger partial charge in [0.05, 0.1) is 24.0 Å². The molecule has 0 aliphatic rings. The second kappa shape index (κ2) is 4.95. The van der Waals surface area contributed by atoms with E-state index in [1.54, 1.807) is 19.2 Å². The lowest BCUT2D eigenvalue weighted by atomic mass is 10.2. The van der Waals surface area contributed by atoms with Crippen LogP contribution < -0.4 is 0 Å². The van der Waals surface area contributed by atoms with Crippen molar-refractivity contribution in [3.8, 4) is 5.69 Å². The first-order valence-corrected chi connectivity index (χ1v) is 5.45. The average Bonchev–Trinajstić information content (AvgIpc) is 2.73. The minimum absolute atomic E-state index is 0.000865. The normalized spacial score (nSPS) is 10.6. The highest BCUT2D eigenvalue weighted by Crippen LogP contribution is 2.12. The molecule has 0 atom stereocenters. The van der Waals surface area contributed by atoms with Crippen LogP contribution in [0.4, 0.5) is 4.39 Å². The fraction of sp³-hybridized carbons (Fsp3) is 0.250. The lowest BCUT2D eigenvalue weighted by Gasteiger charge is -2.01. The number of aromatic nitrogens is 3. The van der Waals surface area contributed by atoms with E-state index < -0.39 is 5.97 Å². The Hall–Kier alpha value is -2.24. The SMILES string of the molecule is Cc1cc(F)cc(-n2cc(CCC(=O)O)nn2)c1. The van der Waals surface area contributed by atoms with Crippen LogP contribution in [0.15, 0.2) is 24.4 Å². The second-order valence-corrected chi connectivity index (χ2v) is 4.03. The monoisotopic (exact) mass is 249 g/mol. The third-order valence-corrected chi connectivity index (χ3v) is 2.43. The van der Waals surface area contributed by atoms with Crippen molar-refractivity contribution >= 4 is 5.97 Å². The molecule has 0 fully saturated rings. The number of nitrogens with zero attached hydrogens (tertiary/aromatic N) is 3. The number of aryl methyl sites for hydroxylation is 2. The Morgan fingerprint density at radius 1 is 1.44 bits per heavy atom. The van der Waals surface area contributed by atoms with Gasteiger partial charge in [0.1, 0.15) is 5.82 Å². The van der Waals surface area contributed by atoms with Crippen molar-refractivity contribution < 1.29 is 14.3 Å². The molecule has 6 heteroatoms. The second-order valence-electron chi connectivity index (χ2n) is 4.03. The van der Waals surface area contributed by atoms with Crippen molar-refractivity contribution in [3.63, 3.8) is 0 Å². The molecule has 0 unspecified atom stereocenters. The van der Waals surface area contributed by atoms with E-state index in [-0.39, 0.29) is 12.2 Å². The van der Waals surface area contributed by atoms with Crippen LogP contribution in [0.1, 0.15) is 17.7 Å². The third-order valence-electron chi connectivity index (χ3n) is 2.43. The van der Waals surface area contributed by atoms with Crippen molar-refractivity contribution in [2.75, 3.05) is 0 Å². The summed E-state index contributed by atoms with van der Waals surface area (Å²) in [5, 5.41) is 16.3. The molecular weight excluding hydrogens is 237 g/mol. The van der Waals surface area contributed by atoms with E-state index in [2.05, 4.69) is 10.3 Å². The van der Waals surface area contributed by atoms with Gasteiger partial charge in [-0.05, 0) is 30.7 Å². The van der Waals surface area contributed by atoms with Gasteiger partial charge >= 0.3 is 5.97 Å². The zero-order valence-corrected chi connectivity index (χ0v) is 9.80. The quantitative estimate of drug-likeness (QED) is 0.896. The van der Waals surface area contributed by atoms with E-state index in [0.717, 1.165) is 5.56 Å². The molecule has 1 aromatic carbocycles. The first-order valence-electron chi connectivity index (χ1n) is 5.45. The first kappa shape index (κ1) is 12.2. The Bertz CT molecular complexity index is 560. The number of aliphatic carboxylic acids is 1. The fourth-order valence-corrected chi connectivity index (χ4v) is 1.62. The Labute approximate surface area is 103 Å². The molecule has 0 spiro atoms. The van der Waals surface area contributed by atoms with Crippen molar-refractivity contribution in [3.05, 3.63) is 41.5 Å². The molecule has 18 heavy (non-hydrogen) atoms. The number of rotatable bonds is 4. The van der Waals surface area contributed by atoms with Crippen LogP contribution in [0.25, 0.3) is 5.69 Å². The summed E-state index contributed by atoms with van der Waals surface area (Å²) in [6.45, 7) is 1.79. The number of halogens is 1. The summed E-state index contributed by atoms with van der Waals surface area (Å²) in [4.78, 5) is 10.4. The van der Waals surface area contributed by atoms with Gasteiger partial charge in [0.25, 0.3) is 0 Å². The van der Waals surface area contributed by atoms with E-state index >= 15 is 0 Å². The molecule has 2 aromatic rings. The molecule has 1 heterocycles. The van der Waals surface area contributed by atoms with E-state index in [4.69, 9.17) is 5.11 Å². The Balaban J connectivity index is 2.21. The molecule has 1 N–H and O–H groups in total. The van der Waals surface area contributed by atoms with Crippen LogP contribution in [-0.2, 0) is 11.2 Å². The van der Waals surface area contributed by atoms with Gasteiger partial charge in [-0.1, -0.05) is 5.21 Å². The van der Waals surface area contributed by atoms with E-state index in [1.165, 1.54) is 16.8 Å².